The summed E-state index contributed by atoms with van der Waals surface area (Å²) in [6, 6.07) is 6.20. The molecular weight excluding hydrogens is 332 g/mol. The fourth-order valence-corrected chi connectivity index (χ4v) is 3.13. The minimum atomic E-state index is -3.37. The molecule has 134 valence electrons. The predicted molar refractivity (Wildman–Crippen MR) is 93.4 cm³/mol. The first-order valence-corrected chi connectivity index (χ1v) is 9.35. The van der Waals surface area contributed by atoms with Gasteiger partial charge in [0.05, 0.1) is 11.2 Å². The summed E-state index contributed by atoms with van der Waals surface area (Å²) in [7, 11) is -3.37. The van der Waals surface area contributed by atoms with E-state index in [1.165, 1.54) is 13.8 Å². The van der Waals surface area contributed by atoms with Crippen LogP contribution in [0.15, 0.2) is 24.3 Å². The number of nitrogens with one attached hydrogen (secondary N) is 2. The smallest absolute Gasteiger partial charge is 0.309 e. The van der Waals surface area contributed by atoms with E-state index in [2.05, 4.69) is 10.0 Å². The number of carboxylic acids is 1. The van der Waals surface area contributed by atoms with Crippen molar-refractivity contribution in [3.05, 3.63) is 24.3 Å². The van der Waals surface area contributed by atoms with Gasteiger partial charge < -0.3 is 10.4 Å². The van der Waals surface area contributed by atoms with Crippen molar-refractivity contribution >= 4 is 33.3 Å². The van der Waals surface area contributed by atoms with Crippen LogP contribution in [0.4, 0.5) is 11.4 Å². The number of unbranched alkanes of at least 4 members (excludes halogenated alkanes) is 1. The Hall–Kier alpha value is -2.09. The van der Waals surface area contributed by atoms with Crippen molar-refractivity contribution in [1.29, 1.82) is 0 Å². The van der Waals surface area contributed by atoms with Gasteiger partial charge in [-0.1, -0.05) is 13.3 Å². The van der Waals surface area contributed by atoms with E-state index in [0.29, 0.717) is 17.8 Å². The second-order valence-electron chi connectivity index (χ2n) is 6.27. The van der Waals surface area contributed by atoms with Crippen LogP contribution in [0.2, 0.25) is 0 Å². The van der Waals surface area contributed by atoms with Gasteiger partial charge in [-0.15, -0.1) is 0 Å². The SMILES string of the molecule is CCCCS(=O)(=O)Nc1ccc(NC(=O)CC(C)(C)C(=O)O)cc1. The first-order chi connectivity index (χ1) is 11.1. The van der Waals surface area contributed by atoms with E-state index >= 15 is 0 Å². The van der Waals surface area contributed by atoms with Crippen molar-refractivity contribution in [2.45, 2.75) is 40.0 Å². The van der Waals surface area contributed by atoms with Gasteiger partial charge >= 0.3 is 5.97 Å². The molecule has 0 heterocycles. The molecule has 0 atom stereocenters. The number of amides is 1. The third kappa shape index (κ3) is 6.57. The minimum Gasteiger partial charge on any atom is -0.481 e. The standard InChI is InChI=1S/C16H24N2O5S/c1-4-5-10-24(22,23)18-13-8-6-12(7-9-13)17-14(19)11-16(2,3)15(20)21/h6-9,18H,4-5,10-11H2,1-3H3,(H,17,19)(H,20,21). The highest BCUT2D eigenvalue weighted by Crippen LogP contribution is 2.22. The number of carbonyl (C=O) groups excluding carboxylic acids is 1. The van der Waals surface area contributed by atoms with Crippen molar-refractivity contribution in [2.75, 3.05) is 15.8 Å². The fraction of sp³-hybridized carbons (Fsp3) is 0.500. The lowest BCUT2D eigenvalue weighted by Gasteiger charge is -2.18. The summed E-state index contributed by atoms with van der Waals surface area (Å²) in [5, 5.41) is 11.6. The average molecular weight is 356 g/mol. The van der Waals surface area contributed by atoms with Crippen LogP contribution in [0.1, 0.15) is 40.0 Å². The lowest BCUT2D eigenvalue weighted by atomic mass is 9.89. The molecule has 1 amide bonds. The third-order valence-electron chi connectivity index (χ3n) is 3.39. The van der Waals surface area contributed by atoms with Crippen molar-refractivity contribution in [3.63, 3.8) is 0 Å². The topological polar surface area (TPSA) is 113 Å². The number of rotatable bonds is 9. The van der Waals surface area contributed by atoms with Gasteiger partial charge in [-0.3, -0.25) is 14.3 Å². The molecule has 0 saturated heterocycles. The number of carboxylic acid groups (broad SMARTS) is 1. The summed E-state index contributed by atoms with van der Waals surface area (Å²) in [6.07, 6.45) is 1.22. The van der Waals surface area contributed by atoms with E-state index in [-0.39, 0.29) is 12.2 Å². The van der Waals surface area contributed by atoms with E-state index < -0.39 is 27.3 Å². The zero-order valence-corrected chi connectivity index (χ0v) is 14.9. The van der Waals surface area contributed by atoms with E-state index in [9.17, 15) is 18.0 Å². The second-order valence-corrected chi connectivity index (χ2v) is 8.11. The first kappa shape index (κ1) is 20.0. The lowest BCUT2D eigenvalue weighted by Crippen LogP contribution is -2.29. The number of carbonyl (C=O) groups is 2. The maximum Gasteiger partial charge on any atom is 0.309 e. The molecule has 0 aliphatic rings. The Labute approximate surface area is 142 Å². The zero-order chi connectivity index (χ0) is 18.4. The zero-order valence-electron chi connectivity index (χ0n) is 14.1. The fourth-order valence-electron chi connectivity index (χ4n) is 1.87. The summed E-state index contributed by atoms with van der Waals surface area (Å²) in [5.74, 6) is -1.40. The van der Waals surface area contributed by atoms with Gasteiger partial charge in [-0.25, -0.2) is 8.42 Å². The number of anilines is 2. The van der Waals surface area contributed by atoms with Gasteiger partial charge in [-0.2, -0.15) is 0 Å². The summed E-state index contributed by atoms with van der Waals surface area (Å²) in [5.41, 5.74) is -0.272. The molecule has 24 heavy (non-hydrogen) atoms. The molecule has 8 heteroatoms. The van der Waals surface area contributed by atoms with Gasteiger partial charge in [0.1, 0.15) is 0 Å². The van der Waals surface area contributed by atoms with Crippen LogP contribution in [0.25, 0.3) is 0 Å². The highest BCUT2D eigenvalue weighted by atomic mass is 32.2. The molecular formula is C16H24N2O5S. The van der Waals surface area contributed by atoms with Gasteiger partial charge in [0, 0.05) is 17.8 Å². The van der Waals surface area contributed by atoms with E-state index in [0.717, 1.165) is 6.42 Å². The molecule has 0 unspecified atom stereocenters. The molecule has 0 aliphatic heterocycles. The third-order valence-corrected chi connectivity index (χ3v) is 4.76. The van der Waals surface area contributed by atoms with E-state index in [1.54, 1.807) is 24.3 Å². The molecule has 0 spiro atoms. The quantitative estimate of drug-likeness (QED) is 0.629. The summed E-state index contributed by atoms with van der Waals surface area (Å²) in [6.45, 7) is 4.87. The average Bonchev–Trinajstić information content (AvgIpc) is 2.46. The number of hydrogen-bond acceptors (Lipinski definition) is 4. The molecule has 0 fully saturated rings. The van der Waals surface area contributed by atoms with Gasteiger partial charge in [-0.05, 0) is 44.5 Å². The Morgan fingerprint density at radius 3 is 2.17 bits per heavy atom. The number of hydrogen-bond donors (Lipinski definition) is 3. The molecule has 0 bridgehead atoms. The maximum atomic E-state index is 11.9. The van der Waals surface area contributed by atoms with E-state index in [1.807, 2.05) is 6.92 Å². The monoisotopic (exact) mass is 356 g/mol. The highest BCUT2D eigenvalue weighted by molar-refractivity contribution is 7.92. The van der Waals surface area contributed by atoms with Crippen LogP contribution in [-0.4, -0.2) is 31.2 Å². The molecule has 7 nitrogen and oxygen atoms in total. The van der Waals surface area contributed by atoms with Crippen LogP contribution >= 0.6 is 0 Å². The summed E-state index contributed by atoms with van der Waals surface area (Å²) >= 11 is 0. The van der Waals surface area contributed by atoms with Crippen molar-refractivity contribution in [3.8, 4) is 0 Å². The largest absolute Gasteiger partial charge is 0.481 e. The van der Waals surface area contributed by atoms with Crippen molar-refractivity contribution in [2.24, 2.45) is 5.41 Å². The molecule has 1 rings (SSSR count). The lowest BCUT2D eigenvalue weighted by molar-refractivity contribution is -0.148. The van der Waals surface area contributed by atoms with Gasteiger partial charge in [0.15, 0.2) is 0 Å². The molecule has 0 radical (unpaired) electrons. The Kier molecular flexibility index (Phi) is 6.77. The molecule has 0 aliphatic carbocycles. The van der Waals surface area contributed by atoms with Crippen LogP contribution in [0.3, 0.4) is 0 Å². The number of benzene rings is 1. The number of aliphatic carboxylic acids is 1. The highest BCUT2D eigenvalue weighted by Gasteiger charge is 2.30. The summed E-state index contributed by atoms with van der Waals surface area (Å²) < 4.78 is 26.1. The van der Waals surface area contributed by atoms with Crippen LogP contribution in [0, 0.1) is 5.41 Å². The second kappa shape index (κ2) is 8.14. The van der Waals surface area contributed by atoms with Gasteiger partial charge in [0.25, 0.3) is 0 Å². The molecule has 1 aromatic rings. The van der Waals surface area contributed by atoms with Crippen LogP contribution in [0.5, 0.6) is 0 Å². The molecule has 0 aromatic heterocycles. The predicted octanol–water partition coefficient (Wildman–Crippen LogP) is 2.67. The van der Waals surface area contributed by atoms with E-state index in [4.69, 9.17) is 5.11 Å². The normalized spacial score (nSPS) is 11.8. The molecule has 1 aromatic carbocycles. The van der Waals surface area contributed by atoms with Gasteiger partial charge in [0.2, 0.25) is 15.9 Å². The first-order valence-electron chi connectivity index (χ1n) is 7.69. The minimum absolute atomic E-state index is 0.0618. The Balaban J connectivity index is 2.65. The number of sulfonamides is 1. The maximum absolute atomic E-state index is 11.9. The molecule has 3 N–H and O–H groups in total. The Morgan fingerprint density at radius 2 is 1.67 bits per heavy atom. The van der Waals surface area contributed by atoms with Crippen LogP contribution < -0.4 is 10.0 Å². The summed E-state index contributed by atoms with van der Waals surface area (Å²) in [4.78, 5) is 22.9. The Bertz CT molecular complexity index is 681. The van der Waals surface area contributed by atoms with Crippen molar-refractivity contribution < 1.29 is 23.1 Å². The Morgan fingerprint density at radius 1 is 1.12 bits per heavy atom. The van der Waals surface area contributed by atoms with Crippen molar-refractivity contribution in [1.82, 2.24) is 0 Å². The molecule has 0 saturated carbocycles. The van der Waals surface area contributed by atoms with Crippen LogP contribution in [-0.2, 0) is 19.6 Å².